The molecule has 1 unspecified atom stereocenters. The summed E-state index contributed by atoms with van der Waals surface area (Å²) in [7, 11) is 0. The van der Waals surface area contributed by atoms with E-state index in [0.717, 1.165) is 6.42 Å². The molecule has 1 atom stereocenters. The van der Waals surface area contributed by atoms with Crippen LogP contribution in [0.3, 0.4) is 0 Å². The molecule has 1 aliphatic carbocycles. The molecule has 0 N–H and O–H groups in total. The standard InChI is InChI=1S/C48H38N2/c1-25-19-27(3)43(28(4)20-25)35-17-15-31-37-23-42-38(24-41(37)49-39-13-9-7-11-33(39)45(35)47(31)49)32-16-18-36(44-29(5)21-26(2)22-30(44)6)46-34-12-8-10-14-40(34)50(42)48(32)46/h7-17,19-24,36H,18H2,1-6H3. The summed E-state index contributed by atoms with van der Waals surface area (Å²) < 4.78 is 5.16. The maximum absolute atomic E-state index is 2.59. The number of aromatic nitrogens is 2. The Kier molecular flexibility index (Phi) is 5.40. The molecule has 0 bridgehead atoms. The van der Waals surface area contributed by atoms with Gasteiger partial charge in [-0.3, -0.25) is 0 Å². The fraction of sp³-hybridized carbons (Fsp3) is 0.167. The van der Waals surface area contributed by atoms with Crippen molar-refractivity contribution in [2.45, 2.75) is 53.9 Å². The minimum absolute atomic E-state index is 0.336. The third kappa shape index (κ3) is 3.39. The lowest BCUT2D eigenvalue weighted by Crippen LogP contribution is -2.14. The average molecular weight is 643 g/mol. The van der Waals surface area contributed by atoms with E-state index in [4.69, 9.17) is 0 Å². The van der Waals surface area contributed by atoms with Gasteiger partial charge in [-0.05, 0) is 117 Å². The highest BCUT2D eigenvalue weighted by Crippen LogP contribution is 2.48. The van der Waals surface area contributed by atoms with Crippen LogP contribution in [0.2, 0.25) is 0 Å². The highest BCUT2D eigenvalue weighted by Gasteiger charge is 2.30. The second-order valence-electron chi connectivity index (χ2n) is 15.2. The smallest absolute Gasteiger partial charge is 0.0626 e. The van der Waals surface area contributed by atoms with Gasteiger partial charge in [-0.15, -0.1) is 0 Å². The summed E-state index contributed by atoms with van der Waals surface area (Å²) in [5.41, 5.74) is 21.7. The second kappa shape index (κ2) is 9.55. The normalized spacial score (nSPS) is 14.9. The lowest BCUT2D eigenvalue weighted by Gasteiger charge is -2.23. The molecule has 0 radical (unpaired) electrons. The molecule has 11 rings (SSSR count). The molecule has 10 aromatic rings. The predicted octanol–water partition coefficient (Wildman–Crippen LogP) is 11.9. The summed E-state index contributed by atoms with van der Waals surface area (Å²) in [4.78, 5) is 0. The monoisotopic (exact) mass is 642 g/mol. The molecule has 0 spiro atoms. The van der Waals surface area contributed by atoms with Crippen LogP contribution < -0.4 is 5.22 Å². The molecule has 2 heteroatoms. The highest BCUT2D eigenvalue weighted by atomic mass is 14.9. The van der Waals surface area contributed by atoms with Crippen molar-refractivity contribution in [2.24, 2.45) is 0 Å². The van der Waals surface area contributed by atoms with Crippen molar-refractivity contribution in [2.75, 3.05) is 0 Å². The molecule has 50 heavy (non-hydrogen) atoms. The average Bonchev–Trinajstić information content (AvgIpc) is 3.80. The largest absolute Gasteiger partial charge is 0.308 e. The minimum atomic E-state index is 0.336. The first-order valence-electron chi connectivity index (χ1n) is 18.1. The molecule has 6 aromatic carbocycles. The van der Waals surface area contributed by atoms with Crippen LogP contribution in [0.15, 0.2) is 97.1 Å². The maximum atomic E-state index is 2.59. The van der Waals surface area contributed by atoms with Crippen LogP contribution in [-0.4, -0.2) is 8.80 Å². The van der Waals surface area contributed by atoms with Crippen LogP contribution >= 0.6 is 0 Å². The summed E-state index contributed by atoms with van der Waals surface area (Å²) in [5.74, 6) is 0.336. The van der Waals surface area contributed by atoms with Crippen molar-refractivity contribution in [3.05, 3.63) is 147 Å². The Morgan fingerprint density at radius 2 is 1.06 bits per heavy atom. The van der Waals surface area contributed by atoms with Gasteiger partial charge in [0.15, 0.2) is 0 Å². The Balaban J connectivity index is 1.28. The minimum Gasteiger partial charge on any atom is -0.308 e. The lowest BCUT2D eigenvalue weighted by atomic mass is 9.79. The molecule has 0 aliphatic heterocycles. The molecule has 4 aromatic heterocycles. The number of rotatable bonds is 2. The topological polar surface area (TPSA) is 8.82 Å². The fourth-order valence-corrected chi connectivity index (χ4v) is 10.6. The summed E-state index contributed by atoms with van der Waals surface area (Å²) in [6.45, 7) is 13.6. The van der Waals surface area contributed by atoms with E-state index >= 15 is 0 Å². The van der Waals surface area contributed by atoms with Gasteiger partial charge in [0.2, 0.25) is 0 Å². The van der Waals surface area contributed by atoms with Gasteiger partial charge in [0.05, 0.1) is 33.1 Å². The van der Waals surface area contributed by atoms with Gasteiger partial charge >= 0.3 is 0 Å². The third-order valence-corrected chi connectivity index (χ3v) is 12.1. The van der Waals surface area contributed by atoms with E-state index in [0.29, 0.717) is 5.92 Å². The summed E-state index contributed by atoms with van der Waals surface area (Å²) in [6.07, 6.45) is 3.55. The van der Waals surface area contributed by atoms with Crippen molar-refractivity contribution in [3.8, 4) is 11.1 Å². The summed E-state index contributed by atoms with van der Waals surface area (Å²) in [6, 6.07) is 37.3. The number of hydrogen-bond donors (Lipinski definition) is 0. The van der Waals surface area contributed by atoms with Crippen LogP contribution in [0.1, 0.15) is 56.8 Å². The predicted molar refractivity (Wildman–Crippen MR) is 214 cm³/mol. The zero-order valence-corrected chi connectivity index (χ0v) is 29.5. The third-order valence-electron chi connectivity index (χ3n) is 12.1. The second-order valence-corrected chi connectivity index (χ2v) is 15.2. The number of fused-ring (bicyclic) bond motifs is 12. The zero-order chi connectivity index (χ0) is 33.7. The van der Waals surface area contributed by atoms with Gasteiger partial charge in [-0.2, -0.15) is 0 Å². The Morgan fingerprint density at radius 1 is 0.480 bits per heavy atom. The van der Waals surface area contributed by atoms with E-state index in [2.05, 4.69) is 153 Å². The quantitative estimate of drug-likeness (QED) is 0.177. The number of aryl methyl sites for hydroxylation is 6. The summed E-state index contributed by atoms with van der Waals surface area (Å²) >= 11 is 0. The molecule has 0 saturated heterocycles. The Bertz CT molecular complexity index is 3140. The number of para-hydroxylation sites is 2. The molecular formula is C48H38N2. The van der Waals surface area contributed by atoms with Gasteiger partial charge in [0.25, 0.3) is 0 Å². The summed E-state index contributed by atoms with van der Waals surface area (Å²) in [5, 5.41) is 9.47. The van der Waals surface area contributed by atoms with E-state index in [1.807, 2.05) is 0 Å². The molecule has 4 heterocycles. The van der Waals surface area contributed by atoms with Gasteiger partial charge in [0, 0.05) is 43.5 Å². The van der Waals surface area contributed by atoms with E-state index in [1.54, 1.807) is 0 Å². The molecule has 0 fully saturated rings. The van der Waals surface area contributed by atoms with Gasteiger partial charge in [0.1, 0.15) is 0 Å². The number of hydrogen-bond acceptors (Lipinski definition) is 0. The molecule has 0 saturated carbocycles. The van der Waals surface area contributed by atoms with Crippen molar-refractivity contribution in [3.63, 3.8) is 0 Å². The lowest BCUT2D eigenvalue weighted by molar-refractivity contribution is 0.841. The van der Waals surface area contributed by atoms with Crippen molar-refractivity contribution in [1.82, 2.24) is 8.80 Å². The van der Waals surface area contributed by atoms with Crippen LogP contribution in [0.4, 0.5) is 0 Å². The van der Waals surface area contributed by atoms with Crippen molar-refractivity contribution in [1.29, 1.82) is 0 Å². The van der Waals surface area contributed by atoms with Crippen LogP contribution in [0, 0.1) is 41.5 Å². The van der Waals surface area contributed by atoms with Crippen LogP contribution in [0.25, 0.3) is 82.6 Å². The molecule has 240 valence electrons. The van der Waals surface area contributed by atoms with E-state index in [9.17, 15) is 0 Å². The van der Waals surface area contributed by atoms with Crippen molar-refractivity contribution < 1.29 is 0 Å². The van der Waals surface area contributed by atoms with E-state index < -0.39 is 0 Å². The van der Waals surface area contributed by atoms with Crippen molar-refractivity contribution >= 4 is 71.5 Å². The van der Waals surface area contributed by atoms with E-state index in [1.165, 1.54) is 126 Å². The first-order valence-corrected chi connectivity index (χ1v) is 18.1. The fourth-order valence-electron chi connectivity index (χ4n) is 10.6. The Hall–Kier alpha value is -5.60. The SMILES string of the molecule is Cc1cc(C)c(-c2ccc3c4cc5c(cc4n4c6ccccc6c2c34)c2c3c(c4ccccc4n35)C(c3c(C)cc(C)cc3C)CC=2)c(C)c1. The Labute approximate surface area is 291 Å². The van der Waals surface area contributed by atoms with Gasteiger partial charge in [-0.25, -0.2) is 0 Å². The maximum Gasteiger partial charge on any atom is 0.0626 e. The van der Waals surface area contributed by atoms with E-state index in [-0.39, 0.29) is 0 Å². The molecule has 1 aliphatic rings. The van der Waals surface area contributed by atoms with Gasteiger partial charge in [-0.1, -0.05) is 90.0 Å². The van der Waals surface area contributed by atoms with Crippen LogP contribution in [-0.2, 0) is 0 Å². The molecule has 2 nitrogen and oxygen atoms in total. The molecule has 0 amide bonds. The van der Waals surface area contributed by atoms with Gasteiger partial charge < -0.3 is 8.80 Å². The van der Waals surface area contributed by atoms with Crippen LogP contribution in [0.5, 0.6) is 0 Å². The Morgan fingerprint density at radius 3 is 1.78 bits per heavy atom. The first kappa shape index (κ1) is 28.3. The number of nitrogens with zero attached hydrogens (tertiary/aromatic N) is 2. The number of benzene rings is 6. The zero-order valence-electron chi connectivity index (χ0n) is 29.5. The molecular weight excluding hydrogens is 605 g/mol. The first-order chi connectivity index (χ1) is 24.3. The highest BCUT2D eigenvalue weighted by molar-refractivity contribution is 6.28.